The maximum atomic E-state index is 12.4. The Balaban J connectivity index is 2.75. The Morgan fingerprint density at radius 3 is 2.16 bits per heavy atom. The first kappa shape index (κ1) is 16.5. The summed E-state index contributed by atoms with van der Waals surface area (Å²) in [4.78, 5) is 12.4. The zero-order valence-electron chi connectivity index (χ0n) is 13.4. The van der Waals surface area contributed by atoms with E-state index < -0.39 is 5.54 Å². The molecule has 19 heavy (non-hydrogen) atoms. The van der Waals surface area contributed by atoms with Crippen molar-refractivity contribution in [3.63, 3.8) is 0 Å². The first-order chi connectivity index (χ1) is 8.74. The number of hydrogen-bond donors (Lipinski definition) is 2. The van der Waals surface area contributed by atoms with E-state index in [4.69, 9.17) is 5.73 Å². The molecule has 1 rings (SSSR count). The van der Waals surface area contributed by atoms with Crippen molar-refractivity contribution in [1.29, 1.82) is 0 Å². The summed E-state index contributed by atoms with van der Waals surface area (Å²) >= 11 is 0. The number of nitrogens with two attached hydrogens (primary N) is 1. The standard InChI is InChI=1S/C16H32N2O/c1-6-16(17,7-2)14(19)18-13-11-9-8-10-12(13)15(3,4)5/h12-13H,6-11,17H2,1-5H3,(H,18,19). The molecule has 0 aromatic heterocycles. The van der Waals surface area contributed by atoms with E-state index in [1.165, 1.54) is 19.3 Å². The van der Waals surface area contributed by atoms with E-state index in [1.54, 1.807) is 0 Å². The fourth-order valence-electron chi connectivity index (χ4n) is 3.22. The summed E-state index contributed by atoms with van der Waals surface area (Å²) in [5.74, 6) is 0.599. The van der Waals surface area contributed by atoms with Crippen LogP contribution in [0.15, 0.2) is 0 Å². The van der Waals surface area contributed by atoms with Crippen molar-refractivity contribution in [1.82, 2.24) is 5.32 Å². The lowest BCUT2D eigenvalue weighted by atomic mass is 9.69. The van der Waals surface area contributed by atoms with Crippen molar-refractivity contribution < 1.29 is 4.79 Å². The molecule has 1 fully saturated rings. The molecule has 3 N–H and O–H groups in total. The van der Waals surface area contributed by atoms with E-state index in [-0.39, 0.29) is 11.3 Å². The average Bonchev–Trinajstić information content (AvgIpc) is 2.37. The molecule has 2 atom stereocenters. The van der Waals surface area contributed by atoms with Crippen LogP contribution in [0.25, 0.3) is 0 Å². The molecule has 3 heteroatoms. The van der Waals surface area contributed by atoms with Gasteiger partial charge in [0.15, 0.2) is 0 Å². The molecule has 0 heterocycles. The maximum absolute atomic E-state index is 12.4. The van der Waals surface area contributed by atoms with Crippen molar-refractivity contribution in [2.24, 2.45) is 17.1 Å². The Labute approximate surface area is 118 Å². The van der Waals surface area contributed by atoms with Crippen LogP contribution in [0.4, 0.5) is 0 Å². The molecule has 2 unspecified atom stereocenters. The highest BCUT2D eigenvalue weighted by Crippen LogP contribution is 2.38. The molecule has 0 spiro atoms. The normalized spacial score (nSPS) is 25.2. The predicted octanol–water partition coefficient (Wildman–Crippen LogP) is 3.23. The fraction of sp³-hybridized carbons (Fsp3) is 0.938. The monoisotopic (exact) mass is 268 g/mol. The van der Waals surface area contributed by atoms with Crippen LogP contribution < -0.4 is 11.1 Å². The third-order valence-electron chi connectivity index (χ3n) is 4.91. The molecular formula is C16H32N2O. The van der Waals surface area contributed by atoms with Gasteiger partial charge in [0.1, 0.15) is 0 Å². The minimum absolute atomic E-state index is 0.0404. The van der Waals surface area contributed by atoms with E-state index in [2.05, 4.69) is 26.1 Å². The molecule has 0 saturated heterocycles. The number of carbonyl (C=O) groups is 1. The van der Waals surface area contributed by atoms with Gasteiger partial charge in [0.25, 0.3) is 0 Å². The molecule has 112 valence electrons. The van der Waals surface area contributed by atoms with Gasteiger partial charge in [0, 0.05) is 6.04 Å². The predicted molar refractivity (Wildman–Crippen MR) is 80.8 cm³/mol. The minimum atomic E-state index is -0.695. The Bertz CT molecular complexity index is 302. The van der Waals surface area contributed by atoms with Crippen molar-refractivity contribution >= 4 is 5.91 Å². The van der Waals surface area contributed by atoms with Gasteiger partial charge in [-0.2, -0.15) is 0 Å². The third kappa shape index (κ3) is 3.95. The third-order valence-corrected chi connectivity index (χ3v) is 4.91. The summed E-state index contributed by atoms with van der Waals surface area (Å²) in [6, 6.07) is 0.294. The lowest BCUT2D eigenvalue weighted by Gasteiger charge is -2.42. The van der Waals surface area contributed by atoms with Crippen molar-refractivity contribution in [2.45, 2.75) is 84.7 Å². The van der Waals surface area contributed by atoms with Gasteiger partial charge in [0.05, 0.1) is 5.54 Å². The highest BCUT2D eigenvalue weighted by molar-refractivity contribution is 5.86. The number of rotatable bonds is 4. The van der Waals surface area contributed by atoms with Gasteiger partial charge in [0.2, 0.25) is 5.91 Å². The summed E-state index contributed by atoms with van der Waals surface area (Å²) in [6.07, 6.45) is 6.20. The molecule has 3 nitrogen and oxygen atoms in total. The second-order valence-electron chi connectivity index (χ2n) is 7.20. The van der Waals surface area contributed by atoms with Gasteiger partial charge in [-0.15, -0.1) is 0 Å². The molecule has 0 aromatic carbocycles. The van der Waals surface area contributed by atoms with Crippen molar-refractivity contribution in [2.75, 3.05) is 0 Å². The number of amides is 1. The molecule has 0 radical (unpaired) electrons. The van der Waals surface area contributed by atoms with Gasteiger partial charge in [-0.1, -0.05) is 47.5 Å². The Morgan fingerprint density at radius 1 is 1.16 bits per heavy atom. The van der Waals surface area contributed by atoms with Crippen LogP contribution in [0, 0.1) is 11.3 Å². The molecule has 1 aliphatic rings. The van der Waals surface area contributed by atoms with Crippen LogP contribution in [-0.4, -0.2) is 17.5 Å². The topological polar surface area (TPSA) is 55.1 Å². The first-order valence-corrected chi connectivity index (χ1v) is 7.84. The number of nitrogens with one attached hydrogen (secondary N) is 1. The van der Waals surface area contributed by atoms with Crippen LogP contribution in [0.5, 0.6) is 0 Å². The Hall–Kier alpha value is -0.570. The number of hydrogen-bond acceptors (Lipinski definition) is 2. The van der Waals surface area contributed by atoms with E-state index in [9.17, 15) is 4.79 Å². The summed E-state index contributed by atoms with van der Waals surface area (Å²) in [6.45, 7) is 10.8. The smallest absolute Gasteiger partial charge is 0.240 e. The lowest BCUT2D eigenvalue weighted by Crippen LogP contribution is -2.58. The zero-order chi connectivity index (χ0) is 14.7. The van der Waals surface area contributed by atoms with Crippen LogP contribution in [-0.2, 0) is 4.79 Å². The van der Waals surface area contributed by atoms with Crippen LogP contribution >= 0.6 is 0 Å². The Morgan fingerprint density at radius 2 is 1.68 bits per heavy atom. The van der Waals surface area contributed by atoms with E-state index in [0.29, 0.717) is 24.8 Å². The second-order valence-corrected chi connectivity index (χ2v) is 7.20. The van der Waals surface area contributed by atoms with Crippen molar-refractivity contribution in [3.05, 3.63) is 0 Å². The number of carbonyl (C=O) groups excluding carboxylic acids is 1. The van der Waals surface area contributed by atoms with E-state index in [1.807, 2.05) is 13.8 Å². The van der Waals surface area contributed by atoms with Gasteiger partial charge in [-0.25, -0.2) is 0 Å². The molecular weight excluding hydrogens is 236 g/mol. The average molecular weight is 268 g/mol. The van der Waals surface area contributed by atoms with Crippen molar-refractivity contribution in [3.8, 4) is 0 Å². The summed E-state index contributed by atoms with van der Waals surface area (Å²) in [7, 11) is 0. The SMILES string of the molecule is CCC(N)(CC)C(=O)NC1CCCCC1C(C)(C)C. The van der Waals surface area contributed by atoms with E-state index in [0.717, 1.165) is 6.42 Å². The minimum Gasteiger partial charge on any atom is -0.351 e. The van der Waals surface area contributed by atoms with Crippen LogP contribution in [0.3, 0.4) is 0 Å². The summed E-state index contributed by atoms with van der Waals surface area (Å²) < 4.78 is 0. The van der Waals surface area contributed by atoms with Gasteiger partial charge in [-0.3, -0.25) is 4.79 Å². The highest BCUT2D eigenvalue weighted by atomic mass is 16.2. The fourth-order valence-corrected chi connectivity index (χ4v) is 3.22. The van der Waals surface area contributed by atoms with Gasteiger partial charge >= 0.3 is 0 Å². The van der Waals surface area contributed by atoms with Gasteiger partial charge < -0.3 is 11.1 Å². The van der Waals surface area contributed by atoms with Crippen LogP contribution in [0.1, 0.15) is 73.1 Å². The largest absolute Gasteiger partial charge is 0.351 e. The first-order valence-electron chi connectivity index (χ1n) is 7.84. The van der Waals surface area contributed by atoms with E-state index >= 15 is 0 Å². The molecule has 1 amide bonds. The molecule has 1 aliphatic carbocycles. The maximum Gasteiger partial charge on any atom is 0.240 e. The molecule has 0 aliphatic heterocycles. The zero-order valence-corrected chi connectivity index (χ0v) is 13.4. The highest BCUT2D eigenvalue weighted by Gasteiger charge is 2.38. The summed E-state index contributed by atoms with van der Waals surface area (Å²) in [5, 5.41) is 3.25. The molecule has 0 bridgehead atoms. The molecule has 1 saturated carbocycles. The molecule has 0 aromatic rings. The Kier molecular flexibility index (Phi) is 5.43. The quantitative estimate of drug-likeness (QED) is 0.822. The summed E-state index contributed by atoms with van der Waals surface area (Å²) in [5.41, 5.74) is 5.75. The second kappa shape index (κ2) is 6.25. The lowest BCUT2D eigenvalue weighted by molar-refractivity contribution is -0.128. The van der Waals surface area contributed by atoms with Gasteiger partial charge in [-0.05, 0) is 37.0 Å². The van der Waals surface area contributed by atoms with Crippen LogP contribution in [0.2, 0.25) is 0 Å².